The van der Waals surface area contributed by atoms with Crippen LogP contribution in [0.3, 0.4) is 0 Å². The van der Waals surface area contributed by atoms with Crippen molar-refractivity contribution in [3.63, 3.8) is 0 Å². The van der Waals surface area contributed by atoms with E-state index in [0.29, 0.717) is 12.3 Å². The van der Waals surface area contributed by atoms with E-state index in [4.69, 9.17) is 15.5 Å². The van der Waals surface area contributed by atoms with Crippen molar-refractivity contribution in [1.29, 1.82) is 0 Å². The topological polar surface area (TPSA) is 80.0 Å². The molecule has 148 valence electrons. The Kier molecular flexibility index (Phi) is 6.24. The zero-order valence-electron chi connectivity index (χ0n) is 16.5. The number of nitrogens with zero attached hydrogens (tertiary/aromatic N) is 2. The molecule has 3 N–H and O–H groups in total. The predicted octanol–water partition coefficient (Wildman–Crippen LogP) is 2.28. The third-order valence-electron chi connectivity index (χ3n) is 5.73. The van der Waals surface area contributed by atoms with Gasteiger partial charge in [-0.3, -0.25) is 9.79 Å². The molecule has 6 nitrogen and oxygen atoms in total. The van der Waals surface area contributed by atoms with Crippen LogP contribution in [0, 0.1) is 5.92 Å². The lowest BCUT2D eigenvalue weighted by atomic mass is 9.94. The molecule has 2 fully saturated rings. The van der Waals surface area contributed by atoms with Gasteiger partial charge in [0.2, 0.25) is 5.91 Å². The standard InChI is InChI=1S/C21H32N4O2/c1-3-23-20(25-12-4-5-16(14-25)13-19(22)26)24-15-21(10-11-21)17-6-8-18(27-2)9-7-17/h6-9,16H,3-5,10-15H2,1-2H3,(H2,22,26)(H,23,24). The first kappa shape index (κ1) is 19.5. The van der Waals surface area contributed by atoms with Crippen molar-refractivity contribution in [2.24, 2.45) is 16.6 Å². The third kappa shape index (κ3) is 4.93. The maximum atomic E-state index is 11.3. The summed E-state index contributed by atoms with van der Waals surface area (Å²) in [4.78, 5) is 18.6. The van der Waals surface area contributed by atoms with E-state index in [9.17, 15) is 4.79 Å². The summed E-state index contributed by atoms with van der Waals surface area (Å²) in [6.07, 6.45) is 4.95. The molecule has 1 atom stereocenters. The molecule has 1 aromatic rings. The molecule has 0 bridgehead atoms. The maximum Gasteiger partial charge on any atom is 0.217 e. The molecule has 1 heterocycles. The number of nitrogens with one attached hydrogen (secondary N) is 1. The number of hydrogen-bond acceptors (Lipinski definition) is 3. The average Bonchev–Trinajstić information content (AvgIpc) is 3.46. The number of benzene rings is 1. The van der Waals surface area contributed by atoms with E-state index in [1.807, 2.05) is 12.1 Å². The van der Waals surface area contributed by atoms with E-state index in [2.05, 4.69) is 29.3 Å². The van der Waals surface area contributed by atoms with Crippen LogP contribution in [0.5, 0.6) is 5.75 Å². The highest BCUT2D eigenvalue weighted by Crippen LogP contribution is 2.48. The molecule has 0 aromatic heterocycles. The Morgan fingerprint density at radius 1 is 1.37 bits per heavy atom. The zero-order chi connectivity index (χ0) is 19.3. The Hall–Kier alpha value is -2.24. The first-order valence-corrected chi connectivity index (χ1v) is 10.0. The lowest BCUT2D eigenvalue weighted by Gasteiger charge is -2.35. The molecule has 1 unspecified atom stereocenters. The Balaban J connectivity index is 1.68. The van der Waals surface area contributed by atoms with E-state index in [0.717, 1.165) is 50.7 Å². The van der Waals surface area contributed by atoms with Gasteiger partial charge in [-0.25, -0.2) is 0 Å². The molecule has 6 heteroatoms. The van der Waals surface area contributed by atoms with Gasteiger partial charge in [-0.05, 0) is 56.2 Å². The smallest absolute Gasteiger partial charge is 0.217 e. The quantitative estimate of drug-likeness (QED) is 0.568. The summed E-state index contributed by atoms with van der Waals surface area (Å²) in [6.45, 7) is 5.56. The third-order valence-corrected chi connectivity index (χ3v) is 5.73. The number of ether oxygens (including phenoxy) is 1. The molecule has 2 aliphatic rings. The number of rotatable bonds is 7. The second kappa shape index (κ2) is 8.63. The van der Waals surface area contributed by atoms with Crippen molar-refractivity contribution >= 4 is 11.9 Å². The summed E-state index contributed by atoms with van der Waals surface area (Å²) < 4.78 is 5.27. The number of nitrogens with two attached hydrogens (primary N) is 1. The lowest BCUT2D eigenvalue weighted by molar-refractivity contribution is -0.119. The molecule has 1 aliphatic carbocycles. The predicted molar refractivity (Wildman–Crippen MR) is 108 cm³/mol. The van der Waals surface area contributed by atoms with Crippen molar-refractivity contribution in [2.75, 3.05) is 33.3 Å². The second-order valence-corrected chi connectivity index (χ2v) is 7.80. The van der Waals surface area contributed by atoms with Crippen molar-refractivity contribution in [3.8, 4) is 5.75 Å². The molecule has 3 rings (SSSR count). The van der Waals surface area contributed by atoms with Gasteiger partial charge in [-0.1, -0.05) is 12.1 Å². The monoisotopic (exact) mass is 372 g/mol. The molecular weight excluding hydrogens is 340 g/mol. The number of likely N-dealkylation sites (tertiary alicyclic amines) is 1. The second-order valence-electron chi connectivity index (χ2n) is 7.80. The normalized spacial score (nSPS) is 21.6. The summed E-state index contributed by atoms with van der Waals surface area (Å²) in [5.41, 5.74) is 6.90. The van der Waals surface area contributed by atoms with Crippen LogP contribution in [-0.4, -0.2) is 50.1 Å². The Morgan fingerprint density at radius 3 is 2.70 bits per heavy atom. The molecular formula is C21H32N4O2. The number of guanidine groups is 1. The van der Waals surface area contributed by atoms with Crippen molar-refractivity contribution in [2.45, 2.75) is 44.4 Å². The van der Waals surface area contributed by atoms with Gasteiger partial charge < -0.3 is 20.7 Å². The number of aliphatic imine (C=N–C) groups is 1. The molecule has 1 amide bonds. The number of carbonyl (C=O) groups excluding carboxylic acids is 1. The van der Waals surface area contributed by atoms with Crippen LogP contribution in [0.1, 0.15) is 44.6 Å². The number of primary amides is 1. The van der Waals surface area contributed by atoms with Crippen LogP contribution >= 0.6 is 0 Å². The number of methoxy groups -OCH3 is 1. The number of amides is 1. The van der Waals surface area contributed by atoms with Gasteiger partial charge in [0.05, 0.1) is 13.7 Å². The van der Waals surface area contributed by atoms with Crippen molar-refractivity contribution in [3.05, 3.63) is 29.8 Å². The largest absolute Gasteiger partial charge is 0.497 e. The lowest BCUT2D eigenvalue weighted by Crippen LogP contribution is -2.47. The molecule has 1 aliphatic heterocycles. The minimum atomic E-state index is -0.208. The summed E-state index contributed by atoms with van der Waals surface area (Å²) >= 11 is 0. The number of carbonyl (C=O) groups is 1. The van der Waals surface area contributed by atoms with Crippen LogP contribution in [-0.2, 0) is 10.2 Å². The maximum absolute atomic E-state index is 11.3. The van der Waals surface area contributed by atoms with Crippen LogP contribution in [0.2, 0.25) is 0 Å². The highest BCUT2D eigenvalue weighted by Gasteiger charge is 2.44. The fourth-order valence-electron chi connectivity index (χ4n) is 3.99. The zero-order valence-corrected chi connectivity index (χ0v) is 16.5. The van der Waals surface area contributed by atoms with Gasteiger partial charge in [0.1, 0.15) is 5.75 Å². The van der Waals surface area contributed by atoms with Crippen LogP contribution < -0.4 is 15.8 Å². The van der Waals surface area contributed by atoms with Gasteiger partial charge >= 0.3 is 0 Å². The van der Waals surface area contributed by atoms with Crippen LogP contribution in [0.4, 0.5) is 0 Å². The summed E-state index contributed by atoms with van der Waals surface area (Å²) in [7, 11) is 1.69. The molecule has 1 saturated heterocycles. The Labute approximate surface area is 162 Å². The Bertz CT molecular complexity index is 667. The summed E-state index contributed by atoms with van der Waals surface area (Å²) in [5, 5.41) is 3.44. The molecule has 0 spiro atoms. The number of hydrogen-bond donors (Lipinski definition) is 2. The van der Waals surface area contributed by atoms with E-state index < -0.39 is 0 Å². The first-order valence-electron chi connectivity index (χ1n) is 10.0. The SMILES string of the molecule is CCNC(=NCC1(c2ccc(OC)cc2)CC1)N1CCCC(CC(N)=O)C1. The van der Waals surface area contributed by atoms with Crippen molar-refractivity contribution in [1.82, 2.24) is 10.2 Å². The van der Waals surface area contributed by atoms with Gasteiger partial charge in [0.25, 0.3) is 0 Å². The summed E-state index contributed by atoms with van der Waals surface area (Å²) in [5.74, 6) is 1.98. The van der Waals surface area contributed by atoms with Crippen LogP contribution in [0.25, 0.3) is 0 Å². The highest BCUT2D eigenvalue weighted by molar-refractivity contribution is 5.80. The molecule has 1 saturated carbocycles. The van der Waals surface area contributed by atoms with Crippen molar-refractivity contribution < 1.29 is 9.53 Å². The van der Waals surface area contributed by atoms with Crippen LogP contribution in [0.15, 0.2) is 29.3 Å². The van der Waals surface area contributed by atoms with E-state index in [-0.39, 0.29) is 11.3 Å². The van der Waals surface area contributed by atoms with Gasteiger partial charge in [0.15, 0.2) is 5.96 Å². The first-order chi connectivity index (χ1) is 13.1. The summed E-state index contributed by atoms with van der Waals surface area (Å²) in [6, 6.07) is 8.39. The van der Waals surface area contributed by atoms with E-state index in [1.54, 1.807) is 7.11 Å². The molecule has 27 heavy (non-hydrogen) atoms. The van der Waals surface area contributed by atoms with Gasteiger partial charge in [-0.2, -0.15) is 0 Å². The van der Waals surface area contributed by atoms with E-state index >= 15 is 0 Å². The fourth-order valence-corrected chi connectivity index (χ4v) is 3.99. The highest BCUT2D eigenvalue weighted by atomic mass is 16.5. The minimum Gasteiger partial charge on any atom is -0.497 e. The average molecular weight is 373 g/mol. The fraction of sp³-hybridized carbons (Fsp3) is 0.619. The van der Waals surface area contributed by atoms with E-state index in [1.165, 1.54) is 18.4 Å². The van der Waals surface area contributed by atoms with Gasteiger partial charge in [0, 0.05) is 31.5 Å². The molecule has 1 aromatic carbocycles. The molecule has 0 radical (unpaired) electrons. The Morgan fingerprint density at radius 2 is 2.11 bits per heavy atom. The van der Waals surface area contributed by atoms with Gasteiger partial charge in [-0.15, -0.1) is 0 Å². The number of piperidine rings is 1. The minimum absolute atomic E-state index is 0.162.